The Hall–Kier alpha value is -1.02. The Labute approximate surface area is 81.2 Å². The maximum absolute atomic E-state index is 6.01. The number of rotatable bonds is 1. The lowest BCUT2D eigenvalue weighted by Crippen LogP contribution is -1.85. The van der Waals surface area contributed by atoms with Crippen LogP contribution < -0.4 is 5.73 Å². The highest BCUT2D eigenvalue weighted by Crippen LogP contribution is 2.49. The zero-order valence-electron chi connectivity index (χ0n) is 7.29. The van der Waals surface area contributed by atoms with Crippen molar-refractivity contribution in [3.05, 3.63) is 29.8 Å². The number of benzene rings is 1. The fourth-order valence-corrected chi connectivity index (χ4v) is 2.94. The van der Waals surface area contributed by atoms with Gasteiger partial charge in [0.1, 0.15) is 0 Å². The maximum Gasteiger partial charge on any atom is 0.0904 e. The predicted octanol–water partition coefficient (Wildman–Crippen LogP) is 3.36. The molecule has 0 bridgehead atoms. The Bertz CT molecular complexity index is 454. The van der Waals surface area contributed by atoms with Gasteiger partial charge in [0.25, 0.3) is 0 Å². The topological polar surface area (TPSA) is 26.0 Å². The second-order valence-electron chi connectivity index (χ2n) is 3.65. The fourth-order valence-electron chi connectivity index (χ4n) is 1.88. The molecule has 1 nitrogen and oxygen atoms in total. The molecule has 1 aliphatic carbocycles. The van der Waals surface area contributed by atoms with E-state index in [0.717, 1.165) is 10.9 Å². The lowest BCUT2D eigenvalue weighted by atomic mass is 10.1. The van der Waals surface area contributed by atoms with Gasteiger partial charge in [0, 0.05) is 4.70 Å². The van der Waals surface area contributed by atoms with Gasteiger partial charge in [-0.25, -0.2) is 0 Å². The quantitative estimate of drug-likeness (QED) is 0.731. The minimum Gasteiger partial charge on any atom is -0.390 e. The van der Waals surface area contributed by atoms with Crippen molar-refractivity contribution in [2.24, 2.45) is 0 Å². The smallest absolute Gasteiger partial charge is 0.0904 e. The van der Waals surface area contributed by atoms with Crippen molar-refractivity contribution in [1.82, 2.24) is 0 Å². The normalized spacial score (nSPS) is 16.6. The Morgan fingerprint density at radius 2 is 2.00 bits per heavy atom. The number of anilines is 1. The monoisotopic (exact) mass is 189 g/mol. The van der Waals surface area contributed by atoms with Gasteiger partial charge in [0.2, 0.25) is 0 Å². The summed E-state index contributed by atoms with van der Waals surface area (Å²) in [7, 11) is 0. The second-order valence-corrected chi connectivity index (χ2v) is 4.73. The predicted molar refractivity (Wildman–Crippen MR) is 58.2 cm³/mol. The van der Waals surface area contributed by atoms with Crippen molar-refractivity contribution < 1.29 is 0 Å². The average molecular weight is 189 g/mol. The summed E-state index contributed by atoms with van der Waals surface area (Å²) in [5.41, 5.74) is 7.43. The van der Waals surface area contributed by atoms with Crippen molar-refractivity contribution in [2.45, 2.75) is 18.8 Å². The van der Waals surface area contributed by atoms with Gasteiger partial charge in [-0.3, -0.25) is 0 Å². The average Bonchev–Trinajstić information content (AvgIpc) is 2.88. The van der Waals surface area contributed by atoms with E-state index in [0.29, 0.717) is 0 Å². The molecule has 1 aromatic carbocycles. The van der Waals surface area contributed by atoms with Crippen molar-refractivity contribution in [2.75, 3.05) is 5.73 Å². The standard InChI is InChI=1S/C11H11NS/c12-11-10(7-5-6-7)8-3-1-2-4-9(8)13-11/h1-4,7H,5-6,12H2. The molecule has 66 valence electrons. The highest BCUT2D eigenvalue weighted by atomic mass is 32.1. The molecular weight excluding hydrogens is 178 g/mol. The van der Waals surface area contributed by atoms with E-state index in [-0.39, 0.29) is 0 Å². The molecule has 2 heteroatoms. The number of nitrogens with two attached hydrogens (primary N) is 1. The van der Waals surface area contributed by atoms with Crippen LogP contribution in [0.2, 0.25) is 0 Å². The third-order valence-corrected chi connectivity index (χ3v) is 3.66. The first-order valence-electron chi connectivity index (χ1n) is 4.63. The van der Waals surface area contributed by atoms with Crippen molar-refractivity contribution in [3.8, 4) is 0 Å². The van der Waals surface area contributed by atoms with E-state index in [1.807, 2.05) is 0 Å². The number of hydrogen-bond donors (Lipinski definition) is 1. The molecule has 3 rings (SSSR count). The second kappa shape index (κ2) is 2.48. The fraction of sp³-hybridized carbons (Fsp3) is 0.273. The SMILES string of the molecule is Nc1sc2ccccc2c1C1CC1. The first-order valence-corrected chi connectivity index (χ1v) is 5.45. The maximum atomic E-state index is 6.01. The molecule has 0 amide bonds. The molecule has 1 heterocycles. The van der Waals surface area contributed by atoms with Crippen LogP contribution in [-0.2, 0) is 0 Å². The Morgan fingerprint density at radius 1 is 1.23 bits per heavy atom. The summed E-state index contributed by atoms with van der Waals surface area (Å²) in [5.74, 6) is 0.760. The molecular formula is C11H11NS. The Kier molecular flexibility index (Phi) is 1.41. The van der Waals surface area contributed by atoms with E-state index in [2.05, 4.69) is 24.3 Å². The van der Waals surface area contributed by atoms with Gasteiger partial charge in [-0.2, -0.15) is 0 Å². The molecule has 2 aromatic rings. The summed E-state index contributed by atoms with van der Waals surface area (Å²) in [6, 6.07) is 8.52. The summed E-state index contributed by atoms with van der Waals surface area (Å²) < 4.78 is 1.34. The van der Waals surface area contributed by atoms with Gasteiger partial charge in [0.15, 0.2) is 0 Å². The molecule has 0 spiro atoms. The van der Waals surface area contributed by atoms with Crippen LogP contribution in [0.15, 0.2) is 24.3 Å². The van der Waals surface area contributed by atoms with Crippen LogP contribution in [0.3, 0.4) is 0 Å². The van der Waals surface area contributed by atoms with E-state index < -0.39 is 0 Å². The summed E-state index contributed by atoms with van der Waals surface area (Å²) in [6.45, 7) is 0. The van der Waals surface area contributed by atoms with Crippen LogP contribution in [-0.4, -0.2) is 0 Å². The van der Waals surface area contributed by atoms with Gasteiger partial charge in [0.05, 0.1) is 5.00 Å². The molecule has 0 aliphatic heterocycles. The number of hydrogen-bond acceptors (Lipinski definition) is 2. The van der Waals surface area contributed by atoms with Gasteiger partial charge in [-0.05, 0) is 35.8 Å². The third kappa shape index (κ3) is 1.05. The minimum absolute atomic E-state index is 0.760. The van der Waals surface area contributed by atoms with Crippen LogP contribution in [0.25, 0.3) is 10.1 Å². The number of nitrogen functional groups attached to an aromatic ring is 1. The summed E-state index contributed by atoms with van der Waals surface area (Å²) in [5, 5.41) is 2.41. The zero-order chi connectivity index (χ0) is 8.84. The number of thiophene rings is 1. The summed E-state index contributed by atoms with van der Waals surface area (Å²) >= 11 is 1.72. The largest absolute Gasteiger partial charge is 0.390 e. The lowest BCUT2D eigenvalue weighted by Gasteiger charge is -1.95. The molecule has 13 heavy (non-hydrogen) atoms. The molecule has 0 atom stereocenters. The van der Waals surface area contributed by atoms with Gasteiger partial charge in [-0.1, -0.05) is 18.2 Å². The molecule has 1 aliphatic rings. The third-order valence-electron chi connectivity index (χ3n) is 2.65. The van der Waals surface area contributed by atoms with Crippen molar-refractivity contribution >= 4 is 26.4 Å². The van der Waals surface area contributed by atoms with E-state index in [1.54, 1.807) is 11.3 Å². The Morgan fingerprint density at radius 3 is 2.77 bits per heavy atom. The molecule has 1 aromatic heterocycles. The van der Waals surface area contributed by atoms with Gasteiger partial charge in [-0.15, -0.1) is 11.3 Å². The lowest BCUT2D eigenvalue weighted by molar-refractivity contribution is 1.17. The molecule has 2 N–H and O–H groups in total. The Balaban J connectivity index is 2.35. The van der Waals surface area contributed by atoms with Crippen molar-refractivity contribution in [3.63, 3.8) is 0 Å². The van der Waals surface area contributed by atoms with Crippen molar-refractivity contribution in [1.29, 1.82) is 0 Å². The molecule has 0 saturated heterocycles. The van der Waals surface area contributed by atoms with Crippen LogP contribution in [0.1, 0.15) is 24.3 Å². The van der Waals surface area contributed by atoms with Crippen LogP contribution in [0, 0.1) is 0 Å². The van der Waals surface area contributed by atoms with E-state index >= 15 is 0 Å². The molecule has 0 radical (unpaired) electrons. The van der Waals surface area contributed by atoms with Crippen LogP contribution >= 0.6 is 11.3 Å². The molecule has 1 fully saturated rings. The van der Waals surface area contributed by atoms with Crippen LogP contribution in [0.5, 0.6) is 0 Å². The molecule has 1 saturated carbocycles. The summed E-state index contributed by atoms with van der Waals surface area (Å²) in [4.78, 5) is 0. The first kappa shape index (κ1) is 7.39. The molecule has 0 unspecified atom stereocenters. The zero-order valence-corrected chi connectivity index (χ0v) is 8.10. The van der Waals surface area contributed by atoms with E-state index in [4.69, 9.17) is 5.73 Å². The first-order chi connectivity index (χ1) is 6.36. The highest BCUT2D eigenvalue weighted by Gasteiger charge is 2.28. The number of fused-ring (bicyclic) bond motifs is 1. The van der Waals surface area contributed by atoms with Crippen LogP contribution in [0.4, 0.5) is 5.00 Å². The van der Waals surface area contributed by atoms with Gasteiger partial charge >= 0.3 is 0 Å². The van der Waals surface area contributed by atoms with E-state index in [9.17, 15) is 0 Å². The van der Waals surface area contributed by atoms with Gasteiger partial charge < -0.3 is 5.73 Å². The van der Waals surface area contributed by atoms with E-state index in [1.165, 1.54) is 28.5 Å². The highest BCUT2D eigenvalue weighted by molar-refractivity contribution is 7.22. The minimum atomic E-state index is 0.760. The summed E-state index contributed by atoms with van der Waals surface area (Å²) in [6.07, 6.45) is 2.65.